The van der Waals surface area contributed by atoms with Crippen molar-refractivity contribution in [1.82, 2.24) is 0 Å². The highest BCUT2D eigenvalue weighted by atomic mass is 16.3. The summed E-state index contributed by atoms with van der Waals surface area (Å²) in [7, 11) is 1.61. The highest BCUT2D eigenvalue weighted by molar-refractivity contribution is 5.75. The number of rotatable bonds is 3. The monoisotopic (exact) mass is 151 g/mol. The number of hydrogen-bond donors (Lipinski definition) is 1. The summed E-state index contributed by atoms with van der Waals surface area (Å²) in [6, 6.07) is 0. The van der Waals surface area contributed by atoms with Gasteiger partial charge in [-0.2, -0.15) is 0 Å². The molecule has 0 radical (unpaired) electrons. The van der Waals surface area contributed by atoms with E-state index in [2.05, 4.69) is 11.6 Å². The minimum absolute atomic E-state index is 0.147. The predicted octanol–water partition coefficient (Wildman–Crippen LogP) is 2.26. The molecule has 0 rings (SSSR count). The standard InChI is InChI=1S/C9H13NO/c1-4-8(2)5-6-9(11)7-10-3/h4-7,11H,1H2,2-3H3/b8-5-,9-6+,10-7?. The minimum Gasteiger partial charge on any atom is -0.506 e. The van der Waals surface area contributed by atoms with Crippen molar-refractivity contribution >= 4 is 6.21 Å². The second kappa shape index (κ2) is 5.47. The average molecular weight is 151 g/mol. The Labute approximate surface area is 67.3 Å². The van der Waals surface area contributed by atoms with E-state index in [1.54, 1.807) is 25.3 Å². The Hall–Kier alpha value is -1.31. The molecule has 0 fully saturated rings. The van der Waals surface area contributed by atoms with E-state index in [0.29, 0.717) is 0 Å². The van der Waals surface area contributed by atoms with Crippen LogP contribution in [0.2, 0.25) is 0 Å². The molecule has 0 spiro atoms. The van der Waals surface area contributed by atoms with Gasteiger partial charge in [0.25, 0.3) is 0 Å². The van der Waals surface area contributed by atoms with E-state index in [1.165, 1.54) is 6.21 Å². The quantitative estimate of drug-likeness (QED) is 0.374. The van der Waals surface area contributed by atoms with E-state index in [0.717, 1.165) is 5.57 Å². The number of aliphatic imine (C=N–C) groups is 1. The molecule has 0 unspecified atom stereocenters. The molecule has 0 aliphatic heterocycles. The third-order valence-electron chi connectivity index (χ3n) is 1.10. The zero-order valence-corrected chi connectivity index (χ0v) is 6.91. The van der Waals surface area contributed by atoms with Crippen LogP contribution in [0.25, 0.3) is 0 Å². The Kier molecular flexibility index (Phi) is 4.82. The Balaban J connectivity index is 4.21. The van der Waals surface area contributed by atoms with Gasteiger partial charge in [0.05, 0.1) is 6.21 Å². The summed E-state index contributed by atoms with van der Waals surface area (Å²) < 4.78 is 0. The zero-order valence-electron chi connectivity index (χ0n) is 6.91. The lowest BCUT2D eigenvalue weighted by atomic mass is 10.2. The third kappa shape index (κ3) is 5.15. The number of hydrogen-bond acceptors (Lipinski definition) is 2. The highest BCUT2D eigenvalue weighted by Gasteiger charge is 1.81. The first kappa shape index (κ1) is 9.69. The van der Waals surface area contributed by atoms with Crippen LogP contribution in [0.15, 0.2) is 41.1 Å². The molecular weight excluding hydrogens is 138 g/mol. The lowest BCUT2D eigenvalue weighted by Gasteiger charge is -1.87. The van der Waals surface area contributed by atoms with Gasteiger partial charge in [-0.1, -0.05) is 24.3 Å². The minimum atomic E-state index is 0.147. The molecule has 11 heavy (non-hydrogen) atoms. The van der Waals surface area contributed by atoms with E-state index in [-0.39, 0.29) is 5.76 Å². The van der Waals surface area contributed by atoms with Crippen LogP contribution in [0, 0.1) is 0 Å². The van der Waals surface area contributed by atoms with Crippen molar-refractivity contribution < 1.29 is 5.11 Å². The van der Waals surface area contributed by atoms with Gasteiger partial charge >= 0.3 is 0 Å². The summed E-state index contributed by atoms with van der Waals surface area (Å²) >= 11 is 0. The van der Waals surface area contributed by atoms with Crippen molar-refractivity contribution in [2.45, 2.75) is 6.92 Å². The van der Waals surface area contributed by atoms with Gasteiger partial charge in [0.1, 0.15) is 5.76 Å². The SMILES string of the molecule is C=C/C(C)=C\C=C(\O)C=NC. The van der Waals surface area contributed by atoms with E-state index >= 15 is 0 Å². The summed E-state index contributed by atoms with van der Waals surface area (Å²) in [6.45, 7) is 5.47. The van der Waals surface area contributed by atoms with E-state index in [4.69, 9.17) is 5.11 Å². The van der Waals surface area contributed by atoms with Crippen molar-refractivity contribution in [2.75, 3.05) is 7.05 Å². The molecule has 0 heterocycles. The topological polar surface area (TPSA) is 32.6 Å². The summed E-state index contributed by atoms with van der Waals surface area (Å²) in [5.41, 5.74) is 1.00. The van der Waals surface area contributed by atoms with Gasteiger partial charge in [0.2, 0.25) is 0 Å². The van der Waals surface area contributed by atoms with E-state index < -0.39 is 0 Å². The Morgan fingerprint density at radius 2 is 2.09 bits per heavy atom. The fourth-order valence-corrected chi connectivity index (χ4v) is 0.460. The molecule has 60 valence electrons. The van der Waals surface area contributed by atoms with Crippen LogP contribution in [0.1, 0.15) is 6.92 Å². The molecular formula is C9H13NO. The average Bonchev–Trinajstić information content (AvgIpc) is 2.01. The van der Waals surface area contributed by atoms with Gasteiger partial charge in [0, 0.05) is 7.05 Å². The molecule has 0 bridgehead atoms. The Morgan fingerprint density at radius 3 is 2.55 bits per heavy atom. The van der Waals surface area contributed by atoms with Crippen LogP contribution in [-0.2, 0) is 0 Å². The highest BCUT2D eigenvalue weighted by Crippen LogP contribution is 1.94. The van der Waals surface area contributed by atoms with E-state index in [1.807, 2.05) is 6.92 Å². The number of aliphatic hydroxyl groups is 1. The van der Waals surface area contributed by atoms with Crippen molar-refractivity contribution in [2.24, 2.45) is 4.99 Å². The van der Waals surface area contributed by atoms with Gasteiger partial charge in [0.15, 0.2) is 0 Å². The molecule has 0 saturated carbocycles. The molecule has 0 aliphatic rings. The predicted molar refractivity (Wildman–Crippen MR) is 49.1 cm³/mol. The van der Waals surface area contributed by atoms with Crippen LogP contribution >= 0.6 is 0 Å². The maximum absolute atomic E-state index is 9.03. The molecule has 1 N–H and O–H groups in total. The summed E-state index contributed by atoms with van der Waals surface area (Å²) in [6.07, 6.45) is 6.44. The van der Waals surface area contributed by atoms with Gasteiger partial charge < -0.3 is 5.11 Å². The molecule has 0 aromatic heterocycles. The van der Waals surface area contributed by atoms with Crippen molar-refractivity contribution in [1.29, 1.82) is 0 Å². The van der Waals surface area contributed by atoms with Gasteiger partial charge in [-0.25, -0.2) is 0 Å². The normalized spacial score (nSPS) is 14.0. The van der Waals surface area contributed by atoms with Gasteiger partial charge in [-0.15, -0.1) is 0 Å². The van der Waals surface area contributed by atoms with Crippen LogP contribution in [0.3, 0.4) is 0 Å². The third-order valence-corrected chi connectivity index (χ3v) is 1.10. The number of nitrogens with zero attached hydrogens (tertiary/aromatic N) is 1. The fraction of sp³-hybridized carbons (Fsp3) is 0.222. The Bertz CT molecular complexity index is 212. The van der Waals surface area contributed by atoms with Crippen molar-refractivity contribution in [3.8, 4) is 0 Å². The molecule has 0 aliphatic carbocycles. The molecule has 0 atom stereocenters. The van der Waals surface area contributed by atoms with Crippen LogP contribution in [0.5, 0.6) is 0 Å². The first-order valence-corrected chi connectivity index (χ1v) is 3.33. The maximum atomic E-state index is 9.03. The number of aliphatic hydroxyl groups excluding tert-OH is 1. The van der Waals surface area contributed by atoms with Crippen LogP contribution in [-0.4, -0.2) is 18.4 Å². The second-order valence-corrected chi connectivity index (χ2v) is 2.09. The lowest BCUT2D eigenvalue weighted by Crippen LogP contribution is -1.79. The molecule has 2 heteroatoms. The van der Waals surface area contributed by atoms with Gasteiger partial charge in [-0.05, 0) is 13.0 Å². The molecule has 0 aromatic carbocycles. The van der Waals surface area contributed by atoms with Crippen LogP contribution in [0.4, 0.5) is 0 Å². The van der Waals surface area contributed by atoms with Crippen LogP contribution < -0.4 is 0 Å². The summed E-state index contributed by atoms with van der Waals surface area (Å²) in [5.74, 6) is 0.147. The smallest absolute Gasteiger partial charge is 0.133 e. The Morgan fingerprint density at radius 1 is 1.45 bits per heavy atom. The summed E-state index contributed by atoms with van der Waals surface area (Å²) in [4.78, 5) is 3.64. The summed E-state index contributed by atoms with van der Waals surface area (Å²) in [5, 5.41) is 9.03. The van der Waals surface area contributed by atoms with Crippen molar-refractivity contribution in [3.05, 3.63) is 36.1 Å². The number of allylic oxidation sites excluding steroid dienone is 5. The van der Waals surface area contributed by atoms with Gasteiger partial charge in [-0.3, -0.25) is 4.99 Å². The first-order chi connectivity index (χ1) is 5.20. The lowest BCUT2D eigenvalue weighted by molar-refractivity contribution is 0.446. The fourth-order valence-electron chi connectivity index (χ4n) is 0.460. The molecule has 0 saturated heterocycles. The molecule has 0 aromatic rings. The van der Waals surface area contributed by atoms with E-state index in [9.17, 15) is 0 Å². The maximum Gasteiger partial charge on any atom is 0.133 e. The zero-order chi connectivity index (χ0) is 8.69. The largest absolute Gasteiger partial charge is 0.506 e. The first-order valence-electron chi connectivity index (χ1n) is 3.33. The molecule has 2 nitrogen and oxygen atoms in total. The van der Waals surface area contributed by atoms with Crippen molar-refractivity contribution in [3.63, 3.8) is 0 Å². The molecule has 0 amide bonds. The second-order valence-electron chi connectivity index (χ2n) is 2.09.